The molecule has 4 heteroatoms. The largest absolute Gasteiger partial charge is 0.478 e. The molecule has 0 aliphatic carbocycles. The molecule has 0 amide bonds. The van der Waals surface area contributed by atoms with E-state index in [1.165, 1.54) is 12.1 Å². The summed E-state index contributed by atoms with van der Waals surface area (Å²) in [6.07, 6.45) is 0.736. The van der Waals surface area contributed by atoms with E-state index in [0.29, 0.717) is 24.0 Å². The zero-order valence-electron chi connectivity index (χ0n) is 17.7. The highest BCUT2D eigenvalue weighted by molar-refractivity contribution is 5.95. The lowest BCUT2D eigenvalue weighted by molar-refractivity contribution is 0.0679. The molecule has 4 nitrogen and oxygen atoms in total. The lowest BCUT2D eigenvalue weighted by atomic mass is 9.90. The third-order valence-electron chi connectivity index (χ3n) is 5.72. The second-order valence-electron chi connectivity index (χ2n) is 7.97. The topological polar surface area (TPSA) is 74.6 Å². The van der Waals surface area contributed by atoms with Gasteiger partial charge in [-0.05, 0) is 97.2 Å². The number of rotatable bonds is 6. The molecule has 0 saturated carbocycles. The van der Waals surface area contributed by atoms with Crippen LogP contribution in [0.1, 0.15) is 65.2 Å². The Balaban J connectivity index is 2.06. The molecule has 3 aromatic carbocycles. The first-order valence-corrected chi connectivity index (χ1v) is 9.90. The summed E-state index contributed by atoms with van der Waals surface area (Å²) in [6.45, 7) is 8.05. The van der Waals surface area contributed by atoms with Crippen LogP contribution in [0.5, 0.6) is 0 Å². The summed E-state index contributed by atoms with van der Waals surface area (Å²) in [5.74, 6) is -2.10. The Morgan fingerprint density at radius 3 is 1.27 bits per heavy atom. The highest BCUT2D eigenvalue weighted by atomic mass is 16.4. The van der Waals surface area contributed by atoms with Crippen molar-refractivity contribution < 1.29 is 19.8 Å². The number of carboxylic acids is 2. The Labute approximate surface area is 176 Å². The average molecular weight is 402 g/mol. The van der Waals surface area contributed by atoms with Gasteiger partial charge in [0, 0.05) is 0 Å². The van der Waals surface area contributed by atoms with E-state index in [2.05, 4.69) is 0 Å². The SMILES string of the molecule is Cc1ccc(Cc2cc(C(=O)O)c(Cc3ccc(C)c(C)c3)cc2C(=O)O)cc1C. The van der Waals surface area contributed by atoms with Gasteiger partial charge >= 0.3 is 11.9 Å². The van der Waals surface area contributed by atoms with E-state index in [9.17, 15) is 19.8 Å². The molecule has 0 aliphatic heterocycles. The Hall–Kier alpha value is -3.40. The van der Waals surface area contributed by atoms with Crippen molar-refractivity contribution in [1.82, 2.24) is 0 Å². The molecule has 0 bridgehead atoms. The van der Waals surface area contributed by atoms with E-state index in [4.69, 9.17) is 0 Å². The normalized spacial score (nSPS) is 10.8. The number of aryl methyl sites for hydroxylation is 4. The number of carbonyl (C=O) groups is 2. The summed E-state index contributed by atoms with van der Waals surface area (Å²) >= 11 is 0. The number of hydrogen-bond acceptors (Lipinski definition) is 2. The first-order chi connectivity index (χ1) is 14.2. The molecule has 2 N–H and O–H groups in total. The van der Waals surface area contributed by atoms with Crippen LogP contribution in [0.4, 0.5) is 0 Å². The van der Waals surface area contributed by atoms with Gasteiger partial charge in [0.15, 0.2) is 0 Å². The van der Waals surface area contributed by atoms with Gasteiger partial charge in [0.1, 0.15) is 0 Å². The van der Waals surface area contributed by atoms with E-state index >= 15 is 0 Å². The minimum atomic E-state index is -1.05. The molecule has 0 saturated heterocycles. The lowest BCUT2D eigenvalue weighted by Crippen LogP contribution is -2.11. The van der Waals surface area contributed by atoms with Gasteiger partial charge in [-0.1, -0.05) is 36.4 Å². The van der Waals surface area contributed by atoms with Gasteiger partial charge in [-0.3, -0.25) is 0 Å². The Morgan fingerprint density at radius 2 is 0.967 bits per heavy atom. The maximum Gasteiger partial charge on any atom is 0.335 e. The molecule has 0 unspecified atom stereocenters. The molecule has 0 spiro atoms. The highest BCUT2D eigenvalue weighted by Crippen LogP contribution is 2.25. The molecule has 0 radical (unpaired) electrons. The van der Waals surface area contributed by atoms with Crippen molar-refractivity contribution in [2.24, 2.45) is 0 Å². The third kappa shape index (κ3) is 4.60. The Bertz CT molecular complexity index is 1050. The highest BCUT2D eigenvalue weighted by Gasteiger charge is 2.19. The van der Waals surface area contributed by atoms with Crippen molar-refractivity contribution in [1.29, 1.82) is 0 Å². The molecule has 154 valence electrons. The summed E-state index contributed by atoms with van der Waals surface area (Å²) in [5.41, 5.74) is 7.79. The van der Waals surface area contributed by atoms with Crippen molar-refractivity contribution in [3.05, 3.63) is 104 Å². The summed E-state index contributed by atoms with van der Waals surface area (Å²) in [4.78, 5) is 23.9. The van der Waals surface area contributed by atoms with Crippen LogP contribution in [0.15, 0.2) is 48.5 Å². The average Bonchev–Trinajstić information content (AvgIpc) is 2.68. The summed E-state index contributed by atoms with van der Waals surface area (Å²) in [7, 11) is 0. The monoisotopic (exact) mass is 402 g/mol. The van der Waals surface area contributed by atoms with Gasteiger partial charge in [0.2, 0.25) is 0 Å². The fraction of sp³-hybridized carbons (Fsp3) is 0.231. The van der Waals surface area contributed by atoms with Crippen molar-refractivity contribution in [2.45, 2.75) is 40.5 Å². The zero-order valence-corrected chi connectivity index (χ0v) is 17.7. The van der Waals surface area contributed by atoms with Crippen molar-refractivity contribution in [3.8, 4) is 0 Å². The van der Waals surface area contributed by atoms with Gasteiger partial charge in [0.05, 0.1) is 11.1 Å². The number of benzene rings is 3. The molecule has 0 heterocycles. The predicted molar refractivity (Wildman–Crippen MR) is 118 cm³/mol. The van der Waals surface area contributed by atoms with Gasteiger partial charge in [-0.15, -0.1) is 0 Å². The van der Waals surface area contributed by atoms with Crippen molar-refractivity contribution >= 4 is 11.9 Å². The zero-order chi connectivity index (χ0) is 22.0. The van der Waals surface area contributed by atoms with Crippen LogP contribution in [0.2, 0.25) is 0 Å². The van der Waals surface area contributed by atoms with Gasteiger partial charge in [0.25, 0.3) is 0 Å². The molecule has 3 rings (SSSR count). The van der Waals surface area contributed by atoms with Gasteiger partial charge in [-0.25, -0.2) is 9.59 Å². The lowest BCUT2D eigenvalue weighted by Gasteiger charge is -2.14. The molecule has 0 aliphatic rings. The quantitative estimate of drug-likeness (QED) is 0.571. The molecule has 30 heavy (non-hydrogen) atoms. The summed E-state index contributed by atoms with van der Waals surface area (Å²) in [6, 6.07) is 15.0. The number of aromatic carboxylic acids is 2. The van der Waals surface area contributed by atoms with Crippen LogP contribution < -0.4 is 0 Å². The minimum absolute atomic E-state index is 0.150. The van der Waals surface area contributed by atoms with Gasteiger partial charge < -0.3 is 10.2 Å². The standard InChI is InChI=1S/C26H26O4/c1-15-5-7-19(9-17(15)3)11-21-13-24(26(29)30)22(14-23(21)25(27)28)12-20-8-6-16(2)18(4)10-20/h5-10,13-14H,11-12H2,1-4H3,(H,27,28)(H,29,30). The second kappa shape index (κ2) is 8.54. The van der Waals surface area contributed by atoms with Crippen molar-refractivity contribution in [3.63, 3.8) is 0 Å². The van der Waals surface area contributed by atoms with E-state index in [1.807, 2.05) is 64.1 Å². The first-order valence-electron chi connectivity index (χ1n) is 9.90. The molecule has 0 atom stereocenters. The minimum Gasteiger partial charge on any atom is -0.478 e. The Kier molecular flexibility index (Phi) is 6.06. The van der Waals surface area contributed by atoms with Crippen LogP contribution in [-0.2, 0) is 12.8 Å². The number of carboxylic acid groups (broad SMARTS) is 2. The molecule has 0 aromatic heterocycles. The molecule has 3 aromatic rings. The second-order valence-corrected chi connectivity index (χ2v) is 7.97. The molecular weight excluding hydrogens is 376 g/mol. The van der Waals surface area contributed by atoms with Crippen molar-refractivity contribution in [2.75, 3.05) is 0 Å². The van der Waals surface area contributed by atoms with E-state index in [-0.39, 0.29) is 11.1 Å². The molecular formula is C26H26O4. The maximum absolute atomic E-state index is 12.0. The summed E-state index contributed by atoms with van der Waals surface area (Å²) in [5, 5.41) is 19.6. The smallest absolute Gasteiger partial charge is 0.335 e. The Morgan fingerprint density at radius 1 is 0.600 bits per heavy atom. The van der Waals surface area contributed by atoms with Crippen LogP contribution in [0.3, 0.4) is 0 Å². The molecule has 0 fully saturated rings. The fourth-order valence-electron chi connectivity index (χ4n) is 3.65. The predicted octanol–water partition coefficient (Wildman–Crippen LogP) is 5.50. The van der Waals surface area contributed by atoms with E-state index in [1.54, 1.807) is 0 Å². The van der Waals surface area contributed by atoms with E-state index in [0.717, 1.165) is 33.4 Å². The van der Waals surface area contributed by atoms with Crippen LogP contribution in [0, 0.1) is 27.7 Å². The van der Waals surface area contributed by atoms with Gasteiger partial charge in [-0.2, -0.15) is 0 Å². The third-order valence-corrected chi connectivity index (χ3v) is 5.72. The van der Waals surface area contributed by atoms with Crippen LogP contribution >= 0.6 is 0 Å². The maximum atomic E-state index is 12.0. The summed E-state index contributed by atoms with van der Waals surface area (Å²) < 4.78 is 0. The van der Waals surface area contributed by atoms with Crippen LogP contribution in [0.25, 0.3) is 0 Å². The number of hydrogen-bond donors (Lipinski definition) is 2. The first kappa shape index (κ1) is 21.3. The van der Waals surface area contributed by atoms with Crippen LogP contribution in [-0.4, -0.2) is 22.2 Å². The van der Waals surface area contributed by atoms with E-state index < -0.39 is 11.9 Å². The fourth-order valence-corrected chi connectivity index (χ4v) is 3.65.